The molecule has 0 spiro atoms. The highest BCUT2D eigenvalue weighted by atomic mass is 19.2. The average Bonchev–Trinajstić information content (AvgIpc) is 2.54. The third-order valence-electron chi connectivity index (χ3n) is 3.36. The first kappa shape index (κ1) is 16.6. The van der Waals surface area contributed by atoms with E-state index in [-0.39, 0.29) is 24.6 Å². The van der Waals surface area contributed by atoms with E-state index >= 15 is 0 Å². The highest BCUT2D eigenvalue weighted by Gasteiger charge is 2.15. The summed E-state index contributed by atoms with van der Waals surface area (Å²) in [6.45, 7) is 1.40. The Morgan fingerprint density at radius 3 is 2.83 bits per heavy atom. The summed E-state index contributed by atoms with van der Waals surface area (Å²) in [5, 5.41) is 0.190. The minimum absolute atomic E-state index is 0.00909. The van der Waals surface area contributed by atoms with Crippen LogP contribution in [0.1, 0.15) is 11.3 Å². The molecule has 0 fully saturated rings. The van der Waals surface area contributed by atoms with Crippen LogP contribution in [-0.2, 0) is 17.8 Å². The fourth-order valence-electron chi connectivity index (χ4n) is 2.11. The second-order valence-corrected chi connectivity index (χ2v) is 4.89. The molecule has 23 heavy (non-hydrogen) atoms. The summed E-state index contributed by atoms with van der Waals surface area (Å²) in [5.74, 6) is 0.746. The van der Waals surface area contributed by atoms with Crippen molar-refractivity contribution in [2.75, 3.05) is 11.7 Å². The Morgan fingerprint density at radius 2 is 2.13 bits per heavy atom. The van der Waals surface area contributed by atoms with Crippen molar-refractivity contribution in [1.29, 1.82) is 0 Å². The zero-order chi connectivity index (χ0) is 16.8. The molecule has 120 valence electrons. The van der Waals surface area contributed by atoms with E-state index in [1.54, 1.807) is 31.1 Å². The Labute approximate surface area is 131 Å². The highest BCUT2D eigenvalue weighted by molar-refractivity contribution is 5.44. The minimum Gasteiger partial charge on any atom is -0.304 e. The van der Waals surface area contributed by atoms with Gasteiger partial charge in [0, 0.05) is 18.0 Å². The van der Waals surface area contributed by atoms with Crippen molar-refractivity contribution in [2.24, 2.45) is 0 Å². The van der Waals surface area contributed by atoms with E-state index in [9.17, 15) is 18.5 Å². The van der Waals surface area contributed by atoms with Crippen LogP contribution in [0, 0.1) is 12.7 Å². The lowest BCUT2D eigenvalue weighted by Crippen LogP contribution is -2.31. The molecule has 1 aromatic carbocycles. The lowest BCUT2D eigenvalue weighted by atomic mass is 10.1. The summed E-state index contributed by atoms with van der Waals surface area (Å²) < 4.78 is 28.9. The molecule has 0 aliphatic rings. The highest BCUT2D eigenvalue weighted by Crippen LogP contribution is 2.11. The molecular formula is C16H15F2N3O2. The number of aromatic nitrogens is 2. The van der Waals surface area contributed by atoms with Gasteiger partial charge in [0.15, 0.2) is 0 Å². The molecule has 7 heteroatoms. The first-order valence-electron chi connectivity index (χ1n) is 6.97. The van der Waals surface area contributed by atoms with Crippen molar-refractivity contribution in [2.45, 2.75) is 19.9 Å². The van der Waals surface area contributed by atoms with Crippen LogP contribution in [-0.4, -0.2) is 22.0 Å². The molecule has 2 rings (SSSR count). The topological polar surface area (TPSA) is 55.2 Å². The van der Waals surface area contributed by atoms with Crippen molar-refractivity contribution in [3.8, 4) is 0 Å². The van der Waals surface area contributed by atoms with Crippen LogP contribution >= 0.6 is 0 Å². The standard InChI is InChI=1S/C16H15F2N3O2/c1-12-11-19-15(16(23)20(12)8-4-10-22)21(18)9-7-13-5-2-3-6-14(13)17/h2-6,11H,7-9H2,1H3. The van der Waals surface area contributed by atoms with Gasteiger partial charge in [-0.15, -0.1) is 0 Å². The molecular weight excluding hydrogens is 304 g/mol. The maximum absolute atomic E-state index is 14.2. The van der Waals surface area contributed by atoms with Crippen molar-refractivity contribution >= 4 is 11.8 Å². The maximum Gasteiger partial charge on any atom is 0.296 e. The molecule has 1 aromatic heterocycles. The number of benzene rings is 1. The summed E-state index contributed by atoms with van der Waals surface area (Å²) in [6, 6.07) is 6.05. The Balaban J connectivity index is 2.19. The van der Waals surface area contributed by atoms with E-state index in [0.29, 0.717) is 11.3 Å². The first-order valence-corrected chi connectivity index (χ1v) is 6.97. The van der Waals surface area contributed by atoms with Crippen LogP contribution in [0.25, 0.3) is 0 Å². The Morgan fingerprint density at radius 1 is 1.39 bits per heavy atom. The number of hydrogen-bond donors (Lipinski definition) is 0. The summed E-state index contributed by atoms with van der Waals surface area (Å²) in [6.07, 6.45) is 2.55. The molecule has 0 saturated carbocycles. The Hall–Kier alpha value is -2.79. The molecule has 0 radical (unpaired) electrons. The fourth-order valence-corrected chi connectivity index (χ4v) is 2.11. The molecule has 0 unspecified atom stereocenters. The summed E-state index contributed by atoms with van der Waals surface area (Å²) in [5.41, 5.74) is 0.187. The van der Waals surface area contributed by atoms with Gasteiger partial charge in [-0.3, -0.25) is 4.79 Å². The van der Waals surface area contributed by atoms with Gasteiger partial charge in [-0.2, -0.15) is 5.12 Å². The smallest absolute Gasteiger partial charge is 0.296 e. The summed E-state index contributed by atoms with van der Waals surface area (Å²) in [4.78, 5) is 26.3. The Kier molecular flexibility index (Phi) is 5.38. The third-order valence-corrected chi connectivity index (χ3v) is 3.36. The lowest BCUT2D eigenvalue weighted by Gasteiger charge is -2.15. The molecule has 0 saturated heterocycles. The van der Waals surface area contributed by atoms with E-state index in [1.807, 2.05) is 0 Å². The van der Waals surface area contributed by atoms with E-state index in [4.69, 9.17) is 0 Å². The van der Waals surface area contributed by atoms with Crippen LogP contribution in [0.15, 0.2) is 41.3 Å². The number of halogens is 2. The second kappa shape index (κ2) is 7.47. The van der Waals surface area contributed by atoms with Crippen LogP contribution in [0.2, 0.25) is 0 Å². The van der Waals surface area contributed by atoms with Gasteiger partial charge in [0.05, 0.1) is 13.1 Å². The molecule has 0 amide bonds. The lowest BCUT2D eigenvalue weighted by molar-refractivity contribution is 0.422. The first-order chi connectivity index (χ1) is 11.0. The number of aryl methyl sites for hydroxylation is 1. The molecule has 2 aromatic rings. The van der Waals surface area contributed by atoms with E-state index in [2.05, 4.69) is 4.98 Å². The van der Waals surface area contributed by atoms with Crippen LogP contribution < -0.4 is 10.7 Å². The van der Waals surface area contributed by atoms with Crippen molar-refractivity contribution in [3.05, 3.63) is 64.0 Å². The average molecular weight is 319 g/mol. The van der Waals surface area contributed by atoms with Gasteiger partial charge < -0.3 is 4.57 Å². The van der Waals surface area contributed by atoms with Gasteiger partial charge in [-0.1, -0.05) is 22.7 Å². The van der Waals surface area contributed by atoms with Crippen molar-refractivity contribution < 1.29 is 13.7 Å². The number of carbonyl (C=O) groups excluding carboxylic acids is 1. The van der Waals surface area contributed by atoms with Crippen LogP contribution in [0.4, 0.5) is 14.7 Å². The molecule has 0 N–H and O–H groups in total. The van der Waals surface area contributed by atoms with Gasteiger partial charge >= 0.3 is 0 Å². The van der Waals surface area contributed by atoms with Gasteiger partial charge in [0.1, 0.15) is 11.8 Å². The summed E-state index contributed by atoms with van der Waals surface area (Å²) in [7, 11) is 0. The maximum atomic E-state index is 14.2. The van der Waals surface area contributed by atoms with Crippen molar-refractivity contribution in [3.63, 3.8) is 0 Å². The van der Waals surface area contributed by atoms with Gasteiger partial charge in [0.25, 0.3) is 5.56 Å². The SMILES string of the molecule is Cc1cnc(N(F)CCc2ccccc2F)c(=O)n1CC=C=O. The molecule has 1 heterocycles. The predicted molar refractivity (Wildman–Crippen MR) is 82.1 cm³/mol. The predicted octanol–water partition coefficient (Wildman–Crippen LogP) is 2.01. The fraction of sp³-hybridized carbons (Fsp3) is 0.250. The monoisotopic (exact) mass is 319 g/mol. The van der Waals surface area contributed by atoms with Gasteiger partial charge in [-0.05, 0) is 25.0 Å². The number of nitrogens with zero attached hydrogens (tertiary/aromatic N) is 3. The van der Waals surface area contributed by atoms with E-state index in [0.717, 1.165) is 6.08 Å². The molecule has 0 atom stereocenters. The van der Waals surface area contributed by atoms with Gasteiger partial charge in [0.2, 0.25) is 5.82 Å². The molecule has 0 bridgehead atoms. The third kappa shape index (κ3) is 3.90. The van der Waals surface area contributed by atoms with Crippen LogP contribution in [0.3, 0.4) is 0 Å². The molecule has 5 nitrogen and oxygen atoms in total. The van der Waals surface area contributed by atoms with Gasteiger partial charge in [-0.25, -0.2) is 14.2 Å². The zero-order valence-corrected chi connectivity index (χ0v) is 12.5. The van der Waals surface area contributed by atoms with Crippen LogP contribution in [0.5, 0.6) is 0 Å². The van der Waals surface area contributed by atoms with Crippen molar-refractivity contribution in [1.82, 2.24) is 9.55 Å². The zero-order valence-electron chi connectivity index (χ0n) is 12.5. The number of allylic oxidation sites excluding steroid dienone is 1. The molecule has 0 aliphatic heterocycles. The Bertz CT molecular complexity index is 798. The largest absolute Gasteiger partial charge is 0.304 e. The normalized spacial score (nSPS) is 10.2. The number of anilines is 1. The van der Waals surface area contributed by atoms with E-state index in [1.165, 1.54) is 16.8 Å². The summed E-state index contributed by atoms with van der Waals surface area (Å²) >= 11 is 0. The molecule has 0 aliphatic carbocycles. The number of rotatable bonds is 6. The quantitative estimate of drug-likeness (QED) is 0.604. The minimum atomic E-state index is -0.660. The van der Waals surface area contributed by atoms with E-state index < -0.39 is 17.2 Å². The second-order valence-electron chi connectivity index (χ2n) is 4.89. The number of hydrogen-bond acceptors (Lipinski definition) is 4.